The number of allylic oxidation sites excluding steroid dienone is 1. The fourth-order valence-electron chi connectivity index (χ4n) is 3.52. The Morgan fingerprint density at radius 2 is 1.90 bits per heavy atom. The van der Waals surface area contributed by atoms with Crippen LogP contribution in [0.5, 0.6) is 0 Å². The summed E-state index contributed by atoms with van der Waals surface area (Å²) in [5.41, 5.74) is 1.00. The molecule has 0 radical (unpaired) electrons. The van der Waals surface area contributed by atoms with Crippen LogP contribution >= 0.6 is 0 Å². The minimum atomic E-state index is -0.170. The second-order valence-electron chi connectivity index (χ2n) is 7.27. The van der Waals surface area contributed by atoms with E-state index in [1.807, 2.05) is 41.3 Å². The van der Waals surface area contributed by atoms with Gasteiger partial charge in [0.25, 0.3) is 0 Å². The average Bonchev–Trinajstić information content (AvgIpc) is 2.70. The van der Waals surface area contributed by atoms with Crippen molar-refractivity contribution in [2.75, 3.05) is 13.7 Å². The van der Waals surface area contributed by atoms with Crippen molar-refractivity contribution in [3.05, 3.63) is 48.0 Å². The van der Waals surface area contributed by atoms with Crippen molar-refractivity contribution in [1.29, 1.82) is 0 Å². The van der Waals surface area contributed by atoms with Crippen LogP contribution in [0.4, 0.5) is 0 Å². The molecule has 1 aromatic carbocycles. The first-order valence-electron chi connectivity index (χ1n) is 10.2. The van der Waals surface area contributed by atoms with Gasteiger partial charge in [-0.25, -0.2) is 0 Å². The van der Waals surface area contributed by atoms with E-state index < -0.39 is 0 Å². The van der Waals surface area contributed by atoms with Crippen molar-refractivity contribution in [3.8, 4) is 0 Å². The van der Waals surface area contributed by atoms with Gasteiger partial charge in [0.2, 0.25) is 5.91 Å². The maximum atomic E-state index is 12.3. The van der Waals surface area contributed by atoms with E-state index in [0.717, 1.165) is 44.1 Å². The number of unbranched alkanes of at least 4 members (excludes halogenated alkanes) is 3. The molecule has 0 bridgehead atoms. The van der Waals surface area contributed by atoms with Crippen molar-refractivity contribution in [1.82, 2.24) is 4.90 Å². The monoisotopic (exact) mass is 409 g/mol. The normalized spacial score (nSPS) is 16.5. The minimum Gasteiger partial charge on any atom is -1.00 e. The molecule has 0 saturated carbocycles. The Morgan fingerprint density at radius 1 is 1.17 bits per heavy atom. The number of nitrogens with zero attached hydrogens (tertiary/aromatic N) is 1. The third kappa shape index (κ3) is 9.75. The van der Waals surface area contributed by atoms with Gasteiger partial charge in [-0.1, -0.05) is 49.2 Å². The molecule has 1 aliphatic heterocycles. The third-order valence-corrected chi connectivity index (χ3v) is 5.09. The largest absolute Gasteiger partial charge is 1.00 e. The first kappa shape index (κ1) is 25.6. The number of ketones is 1. The summed E-state index contributed by atoms with van der Waals surface area (Å²) in [6, 6.07) is 9.70. The third-order valence-electron chi connectivity index (χ3n) is 5.09. The van der Waals surface area contributed by atoms with Gasteiger partial charge < -0.3 is 11.1 Å². The number of carbonyl (C=O) groups excluding carboxylic acids is 3. The summed E-state index contributed by atoms with van der Waals surface area (Å²) in [5.74, 6) is 0.0644. The molecule has 0 aliphatic carbocycles. The zero-order valence-electron chi connectivity index (χ0n) is 18.8. The zero-order valence-corrected chi connectivity index (χ0v) is 19.8. The molecule has 1 heterocycles. The molecule has 1 fully saturated rings. The predicted molar refractivity (Wildman–Crippen MR) is 110 cm³/mol. The molecule has 0 N–H and O–H groups in total. The number of esters is 1. The van der Waals surface area contributed by atoms with Gasteiger partial charge in [0.15, 0.2) is 5.78 Å². The molecule has 1 aromatic rings. The molecule has 1 aliphatic rings. The molecule has 0 unspecified atom stereocenters. The molecular formula is C23H32NNaO4. The van der Waals surface area contributed by atoms with Crippen molar-refractivity contribution in [2.45, 2.75) is 63.8 Å². The van der Waals surface area contributed by atoms with Gasteiger partial charge in [0.1, 0.15) is 0 Å². The van der Waals surface area contributed by atoms with E-state index in [1.54, 1.807) is 6.08 Å². The van der Waals surface area contributed by atoms with Crippen LogP contribution in [0.25, 0.3) is 0 Å². The molecule has 6 heteroatoms. The molecular weight excluding hydrogens is 377 g/mol. The Balaban J connectivity index is 0.00000420. The Labute approximate surface area is 197 Å². The number of hydrogen-bond donors (Lipinski definition) is 0. The Kier molecular flexibility index (Phi) is 12.8. The molecule has 2 rings (SSSR count). The number of hydrogen-bond acceptors (Lipinski definition) is 4. The fourth-order valence-corrected chi connectivity index (χ4v) is 3.52. The standard InChI is InChI=1S/C23H31NO4.Na.H/c1-28-23(27)14-7-2-3-8-17-24-20(12-9-13-22(24)26)15-16-21(25)18-19-10-5-4-6-11-19;;/h4-6,10-11,15-16,20H,2-3,7-9,12-14,17-18H2,1H3;;/q;+1;-1/t20-;;/m1../s1. The number of amides is 1. The minimum absolute atomic E-state index is 0. The zero-order chi connectivity index (χ0) is 20.2. The van der Waals surface area contributed by atoms with Crippen LogP contribution in [0.15, 0.2) is 42.5 Å². The second-order valence-corrected chi connectivity index (χ2v) is 7.27. The number of carbonyl (C=O) groups is 3. The number of benzene rings is 1. The predicted octanol–water partition coefficient (Wildman–Crippen LogP) is 0.976. The summed E-state index contributed by atoms with van der Waals surface area (Å²) >= 11 is 0. The first-order valence-corrected chi connectivity index (χ1v) is 10.2. The van der Waals surface area contributed by atoms with Crippen LogP contribution in [0.1, 0.15) is 58.4 Å². The Morgan fingerprint density at radius 3 is 2.62 bits per heavy atom. The number of ether oxygens (including phenoxy) is 1. The summed E-state index contributed by atoms with van der Waals surface area (Å²) in [5, 5.41) is 0. The van der Waals surface area contributed by atoms with Gasteiger partial charge in [-0.15, -0.1) is 0 Å². The van der Waals surface area contributed by atoms with Gasteiger partial charge in [0.05, 0.1) is 13.2 Å². The van der Waals surface area contributed by atoms with Gasteiger partial charge in [-0.3, -0.25) is 14.4 Å². The van der Waals surface area contributed by atoms with Crippen molar-refractivity contribution in [3.63, 3.8) is 0 Å². The maximum absolute atomic E-state index is 12.3. The quantitative estimate of drug-likeness (QED) is 0.237. The average molecular weight is 410 g/mol. The Bertz CT molecular complexity index is 681. The molecule has 1 amide bonds. The number of piperidine rings is 1. The molecule has 0 aromatic heterocycles. The number of methoxy groups -OCH3 is 1. The van der Waals surface area contributed by atoms with Crippen LogP contribution in [0, 0.1) is 0 Å². The van der Waals surface area contributed by atoms with Crippen molar-refractivity contribution in [2.24, 2.45) is 0 Å². The van der Waals surface area contributed by atoms with Crippen molar-refractivity contribution < 1.29 is 50.1 Å². The van der Waals surface area contributed by atoms with E-state index in [2.05, 4.69) is 4.74 Å². The topological polar surface area (TPSA) is 63.7 Å². The fraction of sp³-hybridized carbons (Fsp3) is 0.522. The first-order chi connectivity index (χ1) is 13.6. The van der Waals surface area contributed by atoms with Gasteiger partial charge in [0, 0.05) is 25.8 Å². The molecule has 29 heavy (non-hydrogen) atoms. The summed E-state index contributed by atoms with van der Waals surface area (Å²) < 4.78 is 4.64. The van der Waals surface area contributed by atoms with Crippen LogP contribution in [0.2, 0.25) is 0 Å². The van der Waals surface area contributed by atoms with E-state index in [-0.39, 0.29) is 54.7 Å². The smallest absolute Gasteiger partial charge is 1.00 e. The van der Waals surface area contributed by atoms with Gasteiger partial charge in [-0.05, 0) is 37.3 Å². The van der Waals surface area contributed by atoms with E-state index >= 15 is 0 Å². The van der Waals surface area contributed by atoms with Crippen molar-refractivity contribution >= 4 is 17.7 Å². The van der Waals surface area contributed by atoms with Crippen LogP contribution in [0.3, 0.4) is 0 Å². The molecule has 5 nitrogen and oxygen atoms in total. The molecule has 1 atom stereocenters. The van der Waals surface area contributed by atoms with Crippen LogP contribution in [-0.4, -0.2) is 42.3 Å². The molecule has 0 spiro atoms. The molecule has 1 saturated heterocycles. The van der Waals surface area contributed by atoms with Gasteiger partial charge in [-0.2, -0.15) is 0 Å². The molecule has 154 valence electrons. The van der Waals surface area contributed by atoms with Crippen LogP contribution in [-0.2, 0) is 25.5 Å². The van der Waals surface area contributed by atoms with E-state index in [0.29, 0.717) is 25.8 Å². The second kappa shape index (κ2) is 14.5. The van der Waals surface area contributed by atoms with Gasteiger partial charge >= 0.3 is 35.5 Å². The van der Waals surface area contributed by atoms with E-state index in [4.69, 9.17) is 0 Å². The number of likely N-dealkylation sites (tertiary alicyclic amines) is 1. The number of rotatable bonds is 11. The summed E-state index contributed by atoms with van der Waals surface area (Å²) in [6.07, 6.45) is 10.4. The maximum Gasteiger partial charge on any atom is 1.00 e. The summed E-state index contributed by atoms with van der Waals surface area (Å²) in [4.78, 5) is 37.6. The van der Waals surface area contributed by atoms with Crippen LogP contribution < -0.4 is 29.6 Å². The van der Waals surface area contributed by atoms with E-state index in [9.17, 15) is 14.4 Å². The van der Waals surface area contributed by atoms with E-state index in [1.165, 1.54) is 7.11 Å². The summed E-state index contributed by atoms with van der Waals surface area (Å²) in [6.45, 7) is 0.707. The SMILES string of the molecule is COC(=O)CCCCCCN1C(=O)CCC[C@@H]1C=CC(=O)Cc1ccccc1.[H-].[Na+]. The Hall–Kier alpha value is -1.43. The summed E-state index contributed by atoms with van der Waals surface area (Å²) in [7, 11) is 1.41.